The number of likely N-dealkylation sites (tertiary alicyclic amines) is 1. The molecule has 8 nitrogen and oxygen atoms in total. The molecule has 3 aromatic carbocycles. The topological polar surface area (TPSA) is 88.2 Å². The molecule has 1 amide bonds. The average Bonchev–Trinajstić information content (AvgIpc) is 3.44. The quantitative estimate of drug-likeness (QED) is 0.488. The molecule has 0 aromatic heterocycles. The first-order valence-corrected chi connectivity index (χ1v) is 13.9. The fraction of sp³-hybridized carbons (Fsp3) is 0.321. The lowest BCUT2D eigenvalue weighted by molar-refractivity contribution is -0.127. The molecule has 9 heteroatoms. The smallest absolute Gasteiger partial charge is 0.264 e. The van der Waals surface area contributed by atoms with Gasteiger partial charge in [0.1, 0.15) is 11.5 Å². The second-order valence-corrected chi connectivity index (χ2v) is 11.2. The summed E-state index contributed by atoms with van der Waals surface area (Å²) in [6.07, 6.45) is 1.49. The highest BCUT2D eigenvalue weighted by Gasteiger charge is 2.37. The summed E-state index contributed by atoms with van der Waals surface area (Å²) >= 11 is 0. The molecule has 37 heavy (non-hydrogen) atoms. The zero-order valence-electron chi connectivity index (χ0n) is 20.8. The molecule has 3 aromatic rings. The fourth-order valence-corrected chi connectivity index (χ4v) is 6.26. The third-order valence-corrected chi connectivity index (χ3v) is 8.53. The molecule has 2 aliphatic heterocycles. The Morgan fingerprint density at radius 2 is 1.73 bits per heavy atom. The molecule has 0 saturated carbocycles. The van der Waals surface area contributed by atoms with Gasteiger partial charge >= 0.3 is 0 Å². The van der Waals surface area contributed by atoms with Crippen molar-refractivity contribution in [2.45, 2.75) is 36.9 Å². The van der Waals surface area contributed by atoms with Crippen molar-refractivity contribution >= 4 is 21.6 Å². The van der Waals surface area contributed by atoms with Crippen molar-refractivity contribution in [2.75, 3.05) is 31.0 Å². The molecule has 5 rings (SSSR count). The molecule has 2 aliphatic rings. The Balaban J connectivity index is 1.30. The first-order chi connectivity index (χ1) is 17.9. The number of ether oxygens (including phenoxy) is 2. The maximum atomic E-state index is 13.6. The summed E-state index contributed by atoms with van der Waals surface area (Å²) in [5, 5.41) is 2.93. The van der Waals surface area contributed by atoms with Gasteiger partial charge in [-0.25, -0.2) is 8.42 Å². The van der Waals surface area contributed by atoms with E-state index in [4.69, 9.17) is 9.47 Å². The van der Waals surface area contributed by atoms with Gasteiger partial charge < -0.3 is 14.8 Å². The van der Waals surface area contributed by atoms with E-state index in [1.54, 1.807) is 36.4 Å². The average molecular weight is 522 g/mol. The van der Waals surface area contributed by atoms with Crippen LogP contribution in [-0.4, -0.2) is 52.1 Å². The Hall–Kier alpha value is -3.56. The van der Waals surface area contributed by atoms with Crippen LogP contribution in [0.2, 0.25) is 0 Å². The molecule has 0 bridgehead atoms. The molecule has 194 valence electrons. The zero-order chi connectivity index (χ0) is 25.8. The molecule has 1 atom stereocenters. The molecular weight excluding hydrogens is 490 g/mol. The van der Waals surface area contributed by atoms with Crippen LogP contribution in [0.5, 0.6) is 11.5 Å². The minimum atomic E-state index is -3.94. The van der Waals surface area contributed by atoms with Gasteiger partial charge in [0, 0.05) is 13.1 Å². The minimum absolute atomic E-state index is 0.110. The number of amides is 1. The van der Waals surface area contributed by atoms with E-state index in [1.165, 1.54) is 42.0 Å². The molecule has 0 radical (unpaired) electrons. The molecule has 0 aliphatic carbocycles. The second kappa shape index (κ2) is 10.8. The molecule has 0 spiro atoms. The Morgan fingerprint density at radius 3 is 2.49 bits per heavy atom. The number of sulfonamides is 1. The number of nitrogens with zero attached hydrogens (tertiary/aromatic N) is 2. The highest BCUT2D eigenvalue weighted by Crippen LogP contribution is 2.37. The van der Waals surface area contributed by atoms with Gasteiger partial charge in [-0.15, -0.1) is 0 Å². The van der Waals surface area contributed by atoms with E-state index < -0.39 is 16.1 Å². The third kappa shape index (κ3) is 5.57. The fourth-order valence-electron chi connectivity index (χ4n) is 4.78. The minimum Gasteiger partial charge on any atom is -0.497 e. The number of fused-ring (bicyclic) bond motifs is 1. The Kier molecular flexibility index (Phi) is 7.34. The summed E-state index contributed by atoms with van der Waals surface area (Å²) in [6, 6.07) is 21.2. The van der Waals surface area contributed by atoms with E-state index in [-0.39, 0.29) is 17.3 Å². The van der Waals surface area contributed by atoms with Crippen LogP contribution < -0.4 is 19.1 Å². The monoisotopic (exact) mass is 521 g/mol. The highest BCUT2D eigenvalue weighted by molar-refractivity contribution is 7.92. The van der Waals surface area contributed by atoms with E-state index in [9.17, 15) is 13.2 Å². The predicted octanol–water partition coefficient (Wildman–Crippen LogP) is 3.56. The summed E-state index contributed by atoms with van der Waals surface area (Å²) in [4.78, 5) is 15.7. The first kappa shape index (κ1) is 25.1. The van der Waals surface area contributed by atoms with Gasteiger partial charge in [-0.05, 0) is 73.5 Å². The number of para-hydroxylation sites is 2. The van der Waals surface area contributed by atoms with Gasteiger partial charge in [-0.3, -0.25) is 14.0 Å². The van der Waals surface area contributed by atoms with Crippen LogP contribution in [0.25, 0.3) is 0 Å². The van der Waals surface area contributed by atoms with Gasteiger partial charge in [-0.2, -0.15) is 0 Å². The number of anilines is 1. The first-order valence-electron chi connectivity index (χ1n) is 12.4. The van der Waals surface area contributed by atoms with Gasteiger partial charge in [0.05, 0.1) is 24.2 Å². The Bertz CT molecular complexity index is 1350. The Morgan fingerprint density at radius 1 is 1.00 bits per heavy atom. The lowest BCUT2D eigenvalue weighted by Crippen LogP contribution is -2.50. The second-order valence-electron chi connectivity index (χ2n) is 9.31. The maximum Gasteiger partial charge on any atom is 0.264 e. The molecule has 1 saturated heterocycles. The van der Waals surface area contributed by atoms with Crippen molar-refractivity contribution in [3.8, 4) is 11.5 Å². The molecule has 0 unspecified atom stereocenters. The third-order valence-electron chi connectivity index (χ3n) is 6.74. The molecule has 2 heterocycles. The van der Waals surface area contributed by atoms with E-state index in [0.717, 1.165) is 25.2 Å². The van der Waals surface area contributed by atoms with Crippen molar-refractivity contribution in [1.29, 1.82) is 0 Å². The Labute approximate surface area is 217 Å². The molecule has 1 fully saturated rings. The van der Waals surface area contributed by atoms with Gasteiger partial charge in [0.15, 0.2) is 6.10 Å². The van der Waals surface area contributed by atoms with Crippen molar-refractivity contribution < 1.29 is 22.7 Å². The SMILES string of the molecule is COc1ccc(S(=O)(=O)N2C[C@@H](C(=O)NCc3cccc(CN4CCCC4)c3)Oc3ccccc32)cc1. The molecular formula is C28H31N3O5S. The van der Waals surface area contributed by atoms with E-state index in [1.807, 2.05) is 12.1 Å². The van der Waals surface area contributed by atoms with Crippen LogP contribution in [0.15, 0.2) is 77.7 Å². The van der Waals surface area contributed by atoms with Crippen LogP contribution >= 0.6 is 0 Å². The van der Waals surface area contributed by atoms with Gasteiger partial charge in [-0.1, -0.05) is 36.4 Å². The van der Waals surface area contributed by atoms with Crippen LogP contribution in [0.3, 0.4) is 0 Å². The van der Waals surface area contributed by atoms with Crippen LogP contribution in [0, 0.1) is 0 Å². The van der Waals surface area contributed by atoms with Gasteiger partial charge in [0.25, 0.3) is 15.9 Å². The van der Waals surface area contributed by atoms with Crippen molar-refractivity contribution in [2.24, 2.45) is 0 Å². The maximum absolute atomic E-state index is 13.6. The lowest BCUT2D eigenvalue weighted by atomic mass is 10.1. The van der Waals surface area contributed by atoms with E-state index in [2.05, 4.69) is 22.3 Å². The number of methoxy groups -OCH3 is 1. The summed E-state index contributed by atoms with van der Waals surface area (Å²) in [6.45, 7) is 3.35. The molecule has 1 N–H and O–H groups in total. The predicted molar refractivity (Wildman–Crippen MR) is 141 cm³/mol. The van der Waals surface area contributed by atoms with E-state index >= 15 is 0 Å². The number of benzene rings is 3. The summed E-state index contributed by atoms with van der Waals surface area (Å²) in [5.74, 6) is 0.538. The lowest BCUT2D eigenvalue weighted by Gasteiger charge is -2.34. The summed E-state index contributed by atoms with van der Waals surface area (Å²) < 4.78 is 39.5. The zero-order valence-corrected chi connectivity index (χ0v) is 21.6. The van der Waals surface area contributed by atoms with Crippen LogP contribution in [-0.2, 0) is 27.9 Å². The largest absolute Gasteiger partial charge is 0.497 e. The summed E-state index contributed by atoms with van der Waals surface area (Å²) in [5.41, 5.74) is 2.61. The van der Waals surface area contributed by atoms with Crippen LogP contribution in [0.1, 0.15) is 24.0 Å². The van der Waals surface area contributed by atoms with Crippen molar-refractivity contribution in [3.05, 3.63) is 83.9 Å². The number of carbonyl (C=O) groups excluding carboxylic acids is 1. The number of nitrogens with one attached hydrogen (secondary N) is 1. The number of hydrogen-bond donors (Lipinski definition) is 1. The van der Waals surface area contributed by atoms with E-state index in [0.29, 0.717) is 23.7 Å². The number of carbonyl (C=O) groups is 1. The van der Waals surface area contributed by atoms with Crippen LogP contribution in [0.4, 0.5) is 5.69 Å². The summed E-state index contributed by atoms with van der Waals surface area (Å²) in [7, 11) is -2.42. The van der Waals surface area contributed by atoms with Crippen molar-refractivity contribution in [3.63, 3.8) is 0 Å². The number of rotatable bonds is 8. The standard InChI is InChI=1S/C28H31N3O5S/c1-35-23-11-13-24(14-12-23)37(33,34)31-20-27(36-26-10-3-2-9-25(26)31)28(32)29-18-21-7-6-8-22(17-21)19-30-15-4-5-16-30/h2-3,6-14,17,27H,4-5,15-16,18-20H2,1H3,(H,29,32)/t27-/m0/s1. The van der Waals surface area contributed by atoms with Gasteiger partial charge in [0.2, 0.25) is 0 Å². The highest BCUT2D eigenvalue weighted by atomic mass is 32.2. The normalized spacial score (nSPS) is 17.6. The van der Waals surface area contributed by atoms with Crippen molar-refractivity contribution in [1.82, 2.24) is 10.2 Å². The number of hydrogen-bond acceptors (Lipinski definition) is 6.